The molecule has 0 aliphatic rings. The fourth-order valence-corrected chi connectivity index (χ4v) is 2.45. The first-order chi connectivity index (χ1) is 6.49. The highest BCUT2D eigenvalue weighted by atomic mass is 127. The van der Waals surface area contributed by atoms with E-state index in [1.807, 2.05) is 21.2 Å². The molecule has 1 nitrogen and oxygen atoms in total. The molecule has 1 aromatic carbocycles. The molecule has 14 heavy (non-hydrogen) atoms. The first-order valence-corrected chi connectivity index (χ1v) is 6.89. The summed E-state index contributed by atoms with van der Waals surface area (Å²) < 4.78 is 42.2. The SMILES string of the molecule is COc1ccc(SI)c(C(F)(F)F)c1. The summed E-state index contributed by atoms with van der Waals surface area (Å²) in [5.74, 6) is 0.214. The zero-order valence-electron chi connectivity index (χ0n) is 7.06. The van der Waals surface area contributed by atoms with E-state index in [2.05, 4.69) is 0 Å². The summed E-state index contributed by atoms with van der Waals surface area (Å²) in [6, 6.07) is 3.91. The van der Waals surface area contributed by atoms with Gasteiger partial charge in [0.25, 0.3) is 0 Å². The van der Waals surface area contributed by atoms with Gasteiger partial charge in [-0.25, -0.2) is 0 Å². The van der Waals surface area contributed by atoms with Gasteiger partial charge in [-0.15, -0.1) is 0 Å². The number of halogens is 4. The molecular formula is C8H6F3IOS. The van der Waals surface area contributed by atoms with Crippen LogP contribution in [0.25, 0.3) is 0 Å². The highest BCUT2D eigenvalue weighted by Gasteiger charge is 2.33. The molecule has 78 valence electrons. The van der Waals surface area contributed by atoms with Gasteiger partial charge in [-0.1, -0.05) is 8.93 Å². The number of benzene rings is 1. The molecule has 0 saturated heterocycles. The van der Waals surface area contributed by atoms with E-state index in [1.54, 1.807) is 0 Å². The summed E-state index contributed by atoms with van der Waals surface area (Å²) in [6.07, 6.45) is -4.33. The van der Waals surface area contributed by atoms with Gasteiger partial charge >= 0.3 is 6.18 Å². The largest absolute Gasteiger partial charge is 0.497 e. The molecule has 0 amide bonds. The molecule has 1 rings (SSSR count). The van der Waals surface area contributed by atoms with Crippen LogP contribution in [0.5, 0.6) is 5.75 Å². The number of ether oxygens (including phenoxy) is 1. The number of hydrogen-bond donors (Lipinski definition) is 0. The average molecular weight is 334 g/mol. The van der Waals surface area contributed by atoms with Crippen LogP contribution in [0, 0.1) is 0 Å². The van der Waals surface area contributed by atoms with Gasteiger partial charge in [0.05, 0.1) is 12.7 Å². The Morgan fingerprint density at radius 1 is 1.36 bits per heavy atom. The quantitative estimate of drug-likeness (QED) is 0.752. The first kappa shape index (κ1) is 12.0. The van der Waals surface area contributed by atoms with Gasteiger partial charge in [0.1, 0.15) is 5.75 Å². The third kappa shape index (κ3) is 2.69. The van der Waals surface area contributed by atoms with E-state index in [0.717, 1.165) is 15.0 Å². The van der Waals surface area contributed by atoms with Crippen LogP contribution in [0.3, 0.4) is 0 Å². The molecule has 0 unspecified atom stereocenters. The number of alkyl halides is 3. The molecule has 6 heteroatoms. The zero-order valence-corrected chi connectivity index (χ0v) is 10.0. The van der Waals surface area contributed by atoms with Gasteiger partial charge in [-0.05, 0) is 18.2 Å². The molecule has 0 saturated carbocycles. The molecule has 0 spiro atoms. The Bertz CT molecular complexity index is 327. The van der Waals surface area contributed by atoms with Crippen molar-refractivity contribution in [2.24, 2.45) is 0 Å². The fourth-order valence-electron chi connectivity index (χ4n) is 0.925. The molecule has 1 aromatic rings. The van der Waals surface area contributed by atoms with Gasteiger partial charge in [0.15, 0.2) is 0 Å². The molecule has 0 radical (unpaired) electrons. The maximum absolute atomic E-state index is 12.5. The van der Waals surface area contributed by atoms with Crippen molar-refractivity contribution < 1.29 is 17.9 Å². The van der Waals surface area contributed by atoms with Gasteiger partial charge in [-0.2, -0.15) is 13.2 Å². The molecule has 0 atom stereocenters. The van der Waals surface area contributed by atoms with Crippen molar-refractivity contribution in [3.63, 3.8) is 0 Å². The van der Waals surface area contributed by atoms with Crippen molar-refractivity contribution >= 4 is 30.1 Å². The van der Waals surface area contributed by atoms with Crippen LogP contribution in [0.15, 0.2) is 23.1 Å². The van der Waals surface area contributed by atoms with E-state index >= 15 is 0 Å². The van der Waals surface area contributed by atoms with E-state index in [-0.39, 0.29) is 10.6 Å². The summed E-state index contributed by atoms with van der Waals surface area (Å²) >= 11 is 1.82. The molecule has 0 heterocycles. The van der Waals surface area contributed by atoms with Crippen LogP contribution in [0.1, 0.15) is 5.56 Å². The Morgan fingerprint density at radius 3 is 2.43 bits per heavy atom. The molecule has 0 N–H and O–H groups in total. The average Bonchev–Trinajstić information content (AvgIpc) is 2.15. The lowest BCUT2D eigenvalue weighted by atomic mass is 10.2. The number of methoxy groups -OCH3 is 1. The lowest BCUT2D eigenvalue weighted by Crippen LogP contribution is -2.06. The van der Waals surface area contributed by atoms with E-state index in [1.165, 1.54) is 19.2 Å². The van der Waals surface area contributed by atoms with Crippen LogP contribution in [-0.4, -0.2) is 7.11 Å². The summed E-state index contributed by atoms with van der Waals surface area (Å²) in [4.78, 5) is 0.193. The predicted molar refractivity (Wildman–Crippen MR) is 57.9 cm³/mol. The van der Waals surface area contributed by atoms with Crippen LogP contribution < -0.4 is 4.74 Å². The minimum atomic E-state index is -4.33. The van der Waals surface area contributed by atoms with Crippen LogP contribution >= 0.6 is 30.1 Å². The maximum atomic E-state index is 12.5. The maximum Gasteiger partial charge on any atom is 0.417 e. The molecule has 0 bridgehead atoms. The smallest absolute Gasteiger partial charge is 0.417 e. The van der Waals surface area contributed by atoms with E-state index in [9.17, 15) is 13.2 Å². The standard InChI is InChI=1S/C8H6F3IOS/c1-13-5-2-3-7(14-12)6(4-5)8(9,10)11/h2-4H,1H3. The van der Waals surface area contributed by atoms with Gasteiger partial charge in [0, 0.05) is 26.1 Å². The van der Waals surface area contributed by atoms with Crippen LogP contribution in [0.2, 0.25) is 0 Å². The Kier molecular flexibility index (Phi) is 3.94. The summed E-state index contributed by atoms with van der Waals surface area (Å²) in [5, 5.41) is 0. The van der Waals surface area contributed by atoms with Crippen molar-refractivity contribution in [2.45, 2.75) is 11.1 Å². The highest BCUT2D eigenvalue weighted by Crippen LogP contribution is 2.40. The van der Waals surface area contributed by atoms with Gasteiger partial charge in [-0.3, -0.25) is 0 Å². The summed E-state index contributed by atoms with van der Waals surface area (Å²) in [7, 11) is 2.38. The molecule has 0 aliphatic carbocycles. The minimum absolute atomic E-state index is 0.193. The van der Waals surface area contributed by atoms with Crippen molar-refractivity contribution in [3.05, 3.63) is 23.8 Å². The second-order valence-corrected chi connectivity index (χ2v) is 4.35. The van der Waals surface area contributed by atoms with Crippen molar-refractivity contribution in [3.8, 4) is 5.75 Å². The topological polar surface area (TPSA) is 9.23 Å². The minimum Gasteiger partial charge on any atom is -0.497 e. The molecule has 0 aromatic heterocycles. The van der Waals surface area contributed by atoms with Crippen molar-refractivity contribution in [2.75, 3.05) is 7.11 Å². The van der Waals surface area contributed by atoms with Crippen LogP contribution in [0.4, 0.5) is 13.2 Å². The van der Waals surface area contributed by atoms with E-state index < -0.39 is 11.7 Å². The van der Waals surface area contributed by atoms with E-state index in [0.29, 0.717) is 0 Å². The zero-order chi connectivity index (χ0) is 10.8. The molecule has 0 aliphatic heterocycles. The van der Waals surface area contributed by atoms with Gasteiger partial charge < -0.3 is 4.74 Å². The lowest BCUT2D eigenvalue weighted by Gasteiger charge is -2.11. The fraction of sp³-hybridized carbons (Fsp3) is 0.250. The second-order valence-electron chi connectivity index (χ2n) is 2.44. The Balaban J connectivity index is 3.22. The normalized spacial score (nSPS) is 11.5. The summed E-state index contributed by atoms with van der Waals surface area (Å²) in [5.41, 5.74) is -0.656. The lowest BCUT2D eigenvalue weighted by molar-refractivity contribution is -0.139. The predicted octanol–water partition coefficient (Wildman–Crippen LogP) is 4.16. The van der Waals surface area contributed by atoms with Crippen LogP contribution in [-0.2, 0) is 6.18 Å². The number of hydrogen-bond acceptors (Lipinski definition) is 2. The summed E-state index contributed by atoms with van der Waals surface area (Å²) in [6.45, 7) is 0. The Morgan fingerprint density at radius 2 is 2.00 bits per heavy atom. The third-order valence-corrected chi connectivity index (χ3v) is 3.52. The van der Waals surface area contributed by atoms with Crippen molar-refractivity contribution in [1.82, 2.24) is 0 Å². The Labute approximate surface area is 95.6 Å². The van der Waals surface area contributed by atoms with Crippen molar-refractivity contribution in [1.29, 1.82) is 0 Å². The second kappa shape index (κ2) is 4.61. The monoisotopic (exact) mass is 334 g/mol. The highest BCUT2D eigenvalue weighted by molar-refractivity contribution is 14.2. The Hall–Kier alpha value is -0.110. The van der Waals surface area contributed by atoms with Gasteiger partial charge in [0.2, 0.25) is 0 Å². The molecular weight excluding hydrogens is 328 g/mol. The first-order valence-electron chi connectivity index (χ1n) is 3.53. The van der Waals surface area contributed by atoms with E-state index in [4.69, 9.17) is 4.74 Å². The third-order valence-electron chi connectivity index (χ3n) is 1.58. The molecule has 0 fully saturated rings. The number of rotatable bonds is 2.